The molecule has 18 heavy (non-hydrogen) atoms. The van der Waals surface area contributed by atoms with Crippen LogP contribution in [0.2, 0.25) is 0 Å². The number of hydrogen-bond donors (Lipinski definition) is 1. The van der Waals surface area contributed by atoms with E-state index in [0.717, 1.165) is 0 Å². The van der Waals surface area contributed by atoms with Crippen LogP contribution in [0.3, 0.4) is 0 Å². The van der Waals surface area contributed by atoms with Crippen molar-refractivity contribution in [3.05, 3.63) is 34.6 Å². The molecule has 2 N–H and O–H groups in total. The first-order valence-corrected chi connectivity index (χ1v) is 5.09. The molecule has 0 amide bonds. The SMILES string of the molecule is COC(=O)[C@H](N)Cc1cc(C=O)c(F)c(C=O)c1. The summed E-state index contributed by atoms with van der Waals surface area (Å²) in [7, 11) is 1.19. The van der Waals surface area contributed by atoms with Gasteiger partial charge in [-0.1, -0.05) is 0 Å². The summed E-state index contributed by atoms with van der Waals surface area (Å²) >= 11 is 0. The zero-order valence-electron chi connectivity index (χ0n) is 9.68. The second-order valence-corrected chi connectivity index (χ2v) is 3.66. The Kier molecular flexibility index (Phi) is 4.67. The number of aldehydes is 2. The lowest BCUT2D eigenvalue weighted by Crippen LogP contribution is -2.33. The molecular formula is C12H12FNO4. The third kappa shape index (κ3) is 2.98. The quantitative estimate of drug-likeness (QED) is 0.609. The summed E-state index contributed by atoms with van der Waals surface area (Å²) in [5.74, 6) is -1.50. The number of carbonyl (C=O) groups is 3. The normalized spacial score (nSPS) is 11.7. The molecule has 0 heterocycles. The highest BCUT2D eigenvalue weighted by molar-refractivity contribution is 5.83. The van der Waals surface area contributed by atoms with Crippen molar-refractivity contribution in [2.45, 2.75) is 12.5 Å². The molecule has 1 aromatic carbocycles. The van der Waals surface area contributed by atoms with Crippen molar-refractivity contribution in [2.24, 2.45) is 5.73 Å². The van der Waals surface area contributed by atoms with Crippen LogP contribution in [0.4, 0.5) is 4.39 Å². The second-order valence-electron chi connectivity index (χ2n) is 3.66. The third-order valence-electron chi connectivity index (χ3n) is 2.40. The zero-order valence-corrected chi connectivity index (χ0v) is 9.68. The Morgan fingerprint density at radius 2 is 1.89 bits per heavy atom. The summed E-state index contributed by atoms with van der Waals surface area (Å²) in [6, 6.07) is 1.57. The monoisotopic (exact) mass is 253 g/mol. The molecule has 0 saturated heterocycles. The molecule has 5 nitrogen and oxygen atoms in total. The third-order valence-corrected chi connectivity index (χ3v) is 2.40. The van der Waals surface area contributed by atoms with Crippen LogP contribution in [-0.4, -0.2) is 31.7 Å². The van der Waals surface area contributed by atoms with Gasteiger partial charge in [0.2, 0.25) is 0 Å². The van der Waals surface area contributed by atoms with E-state index in [1.165, 1.54) is 19.2 Å². The van der Waals surface area contributed by atoms with Gasteiger partial charge in [0.15, 0.2) is 12.6 Å². The van der Waals surface area contributed by atoms with E-state index < -0.39 is 17.8 Å². The van der Waals surface area contributed by atoms with Crippen molar-refractivity contribution in [3.8, 4) is 0 Å². The van der Waals surface area contributed by atoms with Gasteiger partial charge in [-0.15, -0.1) is 0 Å². The maximum Gasteiger partial charge on any atom is 0.322 e. The highest BCUT2D eigenvalue weighted by Gasteiger charge is 2.17. The molecule has 1 aromatic rings. The fourth-order valence-corrected chi connectivity index (χ4v) is 1.51. The number of ether oxygens (including phenoxy) is 1. The Balaban J connectivity index is 3.07. The minimum absolute atomic E-state index is 0.0502. The van der Waals surface area contributed by atoms with Crippen LogP contribution in [0.1, 0.15) is 26.3 Å². The average Bonchev–Trinajstić information content (AvgIpc) is 2.39. The fraction of sp³-hybridized carbons (Fsp3) is 0.250. The Hall–Kier alpha value is -2.08. The molecule has 0 spiro atoms. The standard InChI is InChI=1S/C12H12FNO4/c1-18-12(17)10(14)4-7-2-8(5-15)11(13)9(3-7)6-16/h2-3,5-6,10H,4,14H2,1H3/t10-/m1/s1. The number of methoxy groups -OCH3 is 1. The van der Waals surface area contributed by atoms with Crippen molar-refractivity contribution in [1.82, 2.24) is 0 Å². The Morgan fingerprint density at radius 3 is 2.28 bits per heavy atom. The van der Waals surface area contributed by atoms with Gasteiger partial charge in [0.25, 0.3) is 0 Å². The summed E-state index contributed by atoms with van der Waals surface area (Å²) in [6.07, 6.45) is 0.652. The topological polar surface area (TPSA) is 86.5 Å². The van der Waals surface area contributed by atoms with Gasteiger partial charge < -0.3 is 10.5 Å². The maximum atomic E-state index is 13.4. The van der Waals surface area contributed by atoms with Gasteiger partial charge in [0, 0.05) is 0 Å². The van der Waals surface area contributed by atoms with Crippen molar-refractivity contribution < 1.29 is 23.5 Å². The molecule has 0 fully saturated rings. The molecule has 0 aliphatic carbocycles. The van der Waals surface area contributed by atoms with Gasteiger partial charge in [-0.2, -0.15) is 0 Å². The smallest absolute Gasteiger partial charge is 0.322 e. The lowest BCUT2D eigenvalue weighted by Gasteiger charge is -2.10. The number of esters is 1. The van der Waals surface area contributed by atoms with E-state index in [2.05, 4.69) is 4.74 Å². The van der Waals surface area contributed by atoms with Crippen molar-refractivity contribution in [2.75, 3.05) is 7.11 Å². The van der Waals surface area contributed by atoms with Crippen molar-refractivity contribution in [3.63, 3.8) is 0 Å². The number of hydrogen-bond acceptors (Lipinski definition) is 5. The molecule has 0 bridgehead atoms. The maximum absolute atomic E-state index is 13.4. The largest absolute Gasteiger partial charge is 0.468 e. The molecule has 0 unspecified atom stereocenters. The van der Waals surface area contributed by atoms with Crippen molar-refractivity contribution in [1.29, 1.82) is 0 Å². The lowest BCUT2D eigenvalue weighted by atomic mass is 10.0. The number of halogens is 1. The van der Waals surface area contributed by atoms with Crippen LogP contribution in [0.15, 0.2) is 12.1 Å². The Bertz CT molecular complexity index is 458. The summed E-state index contributed by atoms with van der Waals surface area (Å²) in [6.45, 7) is 0. The molecule has 0 aliphatic heterocycles. The fourth-order valence-electron chi connectivity index (χ4n) is 1.51. The predicted octanol–water partition coefficient (Wildman–Crippen LogP) is 0.493. The van der Waals surface area contributed by atoms with Crippen LogP contribution in [0.25, 0.3) is 0 Å². The van der Waals surface area contributed by atoms with E-state index in [4.69, 9.17) is 5.73 Å². The summed E-state index contributed by atoms with van der Waals surface area (Å²) in [5.41, 5.74) is 5.46. The van der Waals surface area contributed by atoms with E-state index in [1.54, 1.807) is 0 Å². The number of benzene rings is 1. The molecule has 0 saturated carbocycles. The zero-order chi connectivity index (χ0) is 13.7. The van der Waals surface area contributed by atoms with E-state index in [1.807, 2.05) is 0 Å². The van der Waals surface area contributed by atoms with Crippen LogP contribution in [-0.2, 0) is 16.0 Å². The first-order chi connectivity index (χ1) is 8.53. The summed E-state index contributed by atoms with van der Waals surface area (Å²) in [5, 5.41) is 0. The van der Waals surface area contributed by atoms with Crippen LogP contribution in [0, 0.1) is 5.82 Å². The number of nitrogens with two attached hydrogens (primary N) is 1. The molecule has 0 radical (unpaired) electrons. The minimum Gasteiger partial charge on any atom is -0.468 e. The lowest BCUT2D eigenvalue weighted by molar-refractivity contribution is -0.142. The van der Waals surface area contributed by atoms with Crippen LogP contribution < -0.4 is 5.73 Å². The van der Waals surface area contributed by atoms with Gasteiger partial charge >= 0.3 is 5.97 Å². The average molecular weight is 253 g/mol. The van der Waals surface area contributed by atoms with Gasteiger partial charge in [-0.05, 0) is 24.1 Å². The number of rotatable bonds is 5. The summed E-state index contributed by atoms with van der Waals surface area (Å²) < 4.78 is 17.9. The van der Waals surface area contributed by atoms with Gasteiger partial charge in [-0.25, -0.2) is 4.39 Å². The first-order valence-electron chi connectivity index (χ1n) is 5.09. The van der Waals surface area contributed by atoms with Gasteiger partial charge in [-0.3, -0.25) is 14.4 Å². The molecule has 6 heteroatoms. The van der Waals surface area contributed by atoms with E-state index >= 15 is 0 Å². The van der Waals surface area contributed by atoms with Crippen molar-refractivity contribution >= 4 is 18.5 Å². The van der Waals surface area contributed by atoms with Gasteiger partial charge in [0.1, 0.15) is 11.9 Å². The molecule has 96 valence electrons. The van der Waals surface area contributed by atoms with Crippen LogP contribution >= 0.6 is 0 Å². The second kappa shape index (κ2) is 6.02. The Labute approximate surface area is 103 Å². The van der Waals surface area contributed by atoms with Crippen LogP contribution in [0.5, 0.6) is 0 Å². The molecule has 1 rings (SSSR count). The molecule has 0 aliphatic rings. The summed E-state index contributed by atoms with van der Waals surface area (Å²) in [4.78, 5) is 32.4. The minimum atomic E-state index is -0.931. The van der Waals surface area contributed by atoms with E-state index in [9.17, 15) is 18.8 Å². The molecule has 0 aromatic heterocycles. The highest BCUT2D eigenvalue weighted by Crippen LogP contribution is 2.15. The first kappa shape index (κ1) is 14.0. The van der Waals surface area contributed by atoms with Gasteiger partial charge in [0.05, 0.1) is 18.2 Å². The molecular weight excluding hydrogens is 241 g/mol. The number of carbonyl (C=O) groups excluding carboxylic acids is 3. The van der Waals surface area contributed by atoms with E-state index in [0.29, 0.717) is 18.1 Å². The predicted molar refractivity (Wildman–Crippen MR) is 60.9 cm³/mol. The molecule has 1 atom stereocenters. The van der Waals surface area contributed by atoms with E-state index in [-0.39, 0.29) is 17.5 Å². The Morgan fingerprint density at radius 1 is 1.39 bits per heavy atom. The highest BCUT2D eigenvalue weighted by atomic mass is 19.1.